The standard InChI is InChI=1S/C8H8BNO3/c1-10-6-3-4-7(9(11)12)8(5-6)13-2/h3-5,11-12H,2H3. The summed E-state index contributed by atoms with van der Waals surface area (Å²) in [5, 5.41) is 17.8. The van der Waals surface area contributed by atoms with Crippen LogP contribution in [0.25, 0.3) is 4.85 Å². The zero-order valence-electron chi connectivity index (χ0n) is 7.06. The number of rotatable bonds is 2. The van der Waals surface area contributed by atoms with Crippen LogP contribution in [0.5, 0.6) is 5.75 Å². The summed E-state index contributed by atoms with van der Waals surface area (Å²) in [6.07, 6.45) is 0. The van der Waals surface area contributed by atoms with E-state index in [1.165, 1.54) is 25.3 Å². The van der Waals surface area contributed by atoms with Crippen LogP contribution in [0.1, 0.15) is 0 Å². The van der Waals surface area contributed by atoms with Crippen molar-refractivity contribution in [3.63, 3.8) is 0 Å². The molecule has 0 saturated heterocycles. The fourth-order valence-electron chi connectivity index (χ4n) is 0.983. The van der Waals surface area contributed by atoms with Crippen molar-refractivity contribution in [3.05, 3.63) is 29.6 Å². The Balaban J connectivity index is 3.17. The number of benzene rings is 1. The van der Waals surface area contributed by atoms with Crippen LogP contribution >= 0.6 is 0 Å². The number of hydrogen-bond acceptors (Lipinski definition) is 3. The quantitative estimate of drug-likeness (QED) is 0.490. The van der Waals surface area contributed by atoms with Crippen LogP contribution in [0, 0.1) is 6.57 Å². The first-order valence-corrected chi connectivity index (χ1v) is 3.60. The molecule has 0 radical (unpaired) electrons. The Labute approximate surface area is 76.4 Å². The molecule has 66 valence electrons. The lowest BCUT2D eigenvalue weighted by atomic mass is 9.79. The van der Waals surface area contributed by atoms with Crippen molar-refractivity contribution < 1.29 is 14.8 Å². The van der Waals surface area contributed by atoms with Crippen LogP contribution in [0.2, 0.25) is 0 Å². The molecule has 0 amide bonds. The molecule has 0 atom stereocenters. The van der Waals surface area contributed by atoms with E-state index in [0.717, 1.165) is 0 Å². The van der Waals surface area contributed by atoms with Crippen molar-refractivity contribution in [1.82, 2.24) is 0 Å². The highest BCUT2D eigenvalue weighted by molar-refractivity contribution is 6.59. The Morgan fingerprint density at radius 1 is 1.46 bits per heavy atom. The van der Waals surface area contributed by atoms with Crippen molar-refractivity contribution in [2.24, 2.45) is 0 Å². The summed E-state index contributed by atoms with van der Waals surface area (Å²) >= 11 is 0. The summed E-state index contributed by atoms with van der Waals surface area (Å²) in [6.45, 7) is 6.74. The molecule has 4 nitrogen and oxygen atoms in total. The largest absolute Gasteiger partial charge is 0.498 e. The maximum atomic E-state index is 8.90. The molecule has 5 heteroatoms. The molecule has 13 heavy (non-hydrogen) atoms. The van der Waals surface area contributed by atoms with Gasteiger partial charge in [0.2, 0.25) is 0 Å². The van der Waals surface area contributed by atoms with Crippen LogP contribution in [0.4, 0.5) is 5.69 Å². The van der Waals surface area contributed by atoms with Gasteiger partial charge in [-0.05, 0) is 6.07 Å². The van der Waals surface area contributed by atoms with Gasteiger partial charge in [0, 0.05) is 5.46 Å². The molecule has 0 aliphatic heterocycles. The molecule has 1 rings (SSSR count). The van der Waals surface area contributed by atoms with Gasteiger partial charge in [-0.2, -0.15) is 0 Å². The van der Waals surface area contributed by atoms with Crippen LogP contribution in [-0.2, 0) is 0 Å². The second kappa shape index (κ2) is 3.94. The highest BCUT2D eigenvalue weighted by Crippen LogP contribution is 2.17. The van der Waals surface area contributed by atoms with E-state index in [1.54, 1.807) is 0 Å². The fraction of sp³-hybridized carbons (Fsp3) is 0.125. The molecular formula is C8H8BNO3. The van der Waals surface area contributed by atoms with Gasteiger partial charge in [-0.15, -0.1) is 0 Å². The van der Waals surface area contributed by atoms with Gasteiger partial charge in [0.25, 0.3) is 0 Å². The first-order valence-electron chi connectivity index (χ1n) is 3.60. The van der Waals surface area contributed by atoms with Gasteiger partial charge in [0.15, 0.2) is 5.69 Å². The molecule has 0 bridgehead atoms. The average Bonchev–Trinajstić information content (AvgIpc) is 2.16. The van der Waals surface area contributed by atoms with Crippen LogP contribution < -0.4 is 10.2 Å². The number of ether oxygens (including phenoxy) is 1. The molecule has 0 heterocycles. The van der Waals surface area contributed by atoms with Crippen molar-refractivity contribution >= 4 is 18.3 Å². The Bertz CT molecular complexity index is 346. The summed E-state index contributed by atoms with van der Waals surface area (Å²) in [5.74, 6) is 0.309. The molecule has 0 saturated carbocycles. The third kappa shape index (κ3) is 1.99. The van der Waals surface area contributed by atoms with Crippen molar-refractivity contribution in [2.75, 3.05) is 7.11 Å². The second-order valence-electron chi connectivity index (χ2n) is 2.41. The maximum absolute atomic E-state index is 8.90. The lowest BCUT2D eigenvalue weighted by molar-refractivity contribution is 0.403. The van der Waals surface area contributed by atoms with E-state index in [4.69, 9.17) is 21.4 Å². The molecule has 2 N–H and O–H groups in total. The first-order chi connectivity index (χ1) is 6.19. The smallest absolute Gasteiger partial charge is 0.492 e. The Morgan fingerprint density at radius 3 is 2.62 bits per heavy atom. The van der Waals surface area contributed by atoms with E-state index >= 15 is 0 Å². The Morgan fingerprint density at radius 2 is 2.15 bits per heavy atom. The molecule has 0 aliphatic rings. The predicted molar refractivity (Wildman–Crippen MR) is 49.1 cm³/mol. The molecule has 1 aromatic carbocycles. The monoisotopic (exact) mass is 177 g/mol. The number of hydrogen-bond donors (Lipinski definition) is 2. The minimum absolute atomic E-state index is 0.259. The van der Waals surface area contributed by atoms with Gasteiger partial charge in [0.05, 0.1) is 13.7 Å². The number of nitrogens with zero attached hydrogens (tertiary/aromatic N) is 1. The lowest BCUT2D eigenvalue weighted by Crippen LogP contribution is -2.30. The first kappa shape index (κ1) is 9.58. The van der Waals surface area contributed by atoms with Crippen molar-refractivity contribution in [1.29, 1.82) is 0 Å². The van der Waals surface area contributed by atoms with Crippen molar-refractivity contribution in [2.45, 2.75) is 0 Å². The van der Waals surface area contributed by atoms with Gasteiger partial charge in [-0.25, -0.2) is 4.85 Å². The van der Waals surface area contributed by atoms with E-state index < -0.39 is 7.12 Å². The summed E-state index contributed by atoms with van der Waals surface area (Å²) in [6, 6.07) is 4.42. The molecule has 0 aromatic heterocycles. The van der Waals surface area contributed by atoms with Crippen LogP contribution in [0.3, 0.4) is 0 Å². The predicted octanol–water partition coefficient (Wildman–Crippen LogP) is -0.0742. The van der Waals surface area contributed by atoms with Crippen LogP contribution in [-0.4, -0.2) is 24.3 Å². The molecule has 0 spiro atoms. The van der Waals surface area contributed by atoms with E-state index in [9.17, 15) is 0 Å². The topological polar surface area (TPSA) is 54.0 Å². The zero-order valence-corrected chi connectivity index (χ0v) is 7.06. The summed E-state index contributed by atoms with van der Waals surface area (Å²) < 4.78 is 4.89. The van der Waals surface area contributed by atoms with Gasteiger partial charge in [-0.3, -0.25) is 0 Å². The molecular weight excluding hydrogens is 169 g/mol. The third-order valence-electron chi connectivity index (χ3n) is 1.62. The van der Waals surface area contributed by atoms with E-state index in [2.05, 4.69) is 4.85 Å². The minimum Gasteiger partial charge on any atom is -0.498 e. The average molecular weight is 177 g/mol. The second-order valence-corrected chi connectivity index (χ2v) is 2.41. The SMILES string of the molecule is [C-]#[N+]c1ccc(B(O)O)c(OC)c1. The summed E-state index contributed by atoms with van der Waals surface area (Å²) in [5.41, 5.74) is 0.663. The molecule has 0 unspecified atom stereocenters. The van der Waals surface area contributed by atoms with Gasteiger partial charge in [0.1, 0.15) is 5.75 Å². The minimum atomic E-state index is -1.57. The van der Waals surface area contributed by atoms with Gasteiger partial charge < -0.3 is 14.8 Å². The Hall–Kier alpha value is -1.51. The van der Waals surface area contributed by atoms with E-state index in [0.29, 0.717) is 11.4 Å². The van der Waals surface area contributed by atoms with E-state index in [1.807, 2.05) is 0 Å². The Kier molecular flexibility index (Phi) is 2.90. The molecule has 0 fully saturated rings. The van der Waals surface area contributed by atoms with Gasteiger partial charge >= 0.3 is 7.12 Å². The fourth-order valence-corrected chi connectivity index (χ4v) is 0.983. The highest BCUT2D eigenvalue weighted by Gasteiger charge is 2.16. The summed E-state index contributed by atoms with van der Waals surface area (Å²) in [4.78, 5) is 3.19. The zero-order chi connectivity index (χ0) is 9.84. The highest BCUT2D eigenvalue weighted by atomic mass is 16.5. The normalized spacial score (nSPS) is 9.08. The summed E-state index contributed by atoms with van der Waals surface area (Å²) in [7, 11) is -0.163. The van der Waals surface area contributed by atoms with Crippen molar-refractivity contribution in [3.8, 4) is 5.75 Å². The molecule has 0 aliphatic carbocycles. The lowest BCUT2D eigenvalue weighted by Gasteiger charge is -2.07. The van der Waals surface area contributed by atoms with E-state index in [-0.39, 0.29) is 5.46 Å². The number of methoxy groups -OCH3 is 1. The third-order valence-corrected chi connectivity index (χ3v) is 1.62. The molecule has 1 aromatic rings. The van der Waals surface area contributed by atoms with Gasteiger partial charge in [-0.1, -0.05) is 12.1 Å². The maximum Gasteiger partial charge on any atom is 0.492 e. The van der Waals surface area contributed by atoms with Crippen LogP contribution in [0.15, 0.2) is 18.2 Å².